The third kappa shape index (κ3) is 6.69. The average Bonchev–Trinajstić information content (AvgIpc) is 2.67. The van der Waals surface area contributed by atoms with Crippen LogP contribution in [0.4, 0.5) is 5.69 Å². The maximum Gasteiger partial charge on any atom is 0.321 e. The van der Waals surface area contributed by atoms with Crippen molar-refractivity contribution in [1.82, 2.24) is 4.72 Å². The van der Waals surface area contributed by atoms with Crippen LogP contribution in [-0.4, -0.2) is 32.9 Å². The van der Waals surface area contributed by atoms with Gasteiger partial charge in [-0.25, -0.2) is 8.42 Å². The van der Waals surface area contributed by atoms with Gasteiger partial charge in [0.25, 0.3) is 5.91 Å². The molecule has 0 saturated heterocycles. The standard InChI is InChI=1S/C21H26N2O5S/c1-14(2)17-7-9-18(10-8-17)23-21(25)16(4)28-20(24)13-22-29(26,27)19-11-5-15(3)6-12-19/h5-12,14,16,22H,13H2,1-4H3,(H,23,25)/t16-/m1/s1. The molecule has 0 saturated carbocycles. The molecule has 0 aliphatic carbocycles. The fraction of sp³-hybridized carbons (Fsp3) is 0.333. The lowest BCUT2D eigenvalue weighted by Gasteiger charge is -2.14. The van der Waals surface area contributed by atoms with Crippen molar-refractivity contribution in [3.63, 3.8) is 0 Å². The van der Waals surface area contributed by atoms with E-state index in [1.54, 1.807) is 24.3 Å². The van der Waals surface area contributed by atoms with Crippen molar-refractivity contribution >= 4 is 27.6 Å². The highest BCUT2D eigenvalue weighted by Gasteiger charge is 2.20. The van der Waals surface area contributed by atoms with Gasteiger partial charge in [0, 0.05) is 5.69 Å². The molecule has 0 fully saturated rings. The number of anilines is 1. The van der Waals surface area contributed by atoms with Crippen molar-refractivity contribution in [2.24, 2.45) is 0 Å². The van der Waals surface area contributed by atoms with Crippen LogP contribution in [0.15, 0.2) is 53.4 Å². The summed E-state index contributed by atoms with van der Waals surface area (Å²) in [7, 11) is -3.84. The second-order valence-corrected chi connectivity index (χ2v) is 8.80. The molecule has 0 aliphatic heterocycles. The van der Waals surface area contributed by atoms with Crippen LogP contribution in [0.25, 0.3) is 0 Å². The topological polar surface area (TPSA) is 102 Å². The van der Waals surface area contributed by atoms with Crippen LogP contribution < -0.4 is 10.0 Å². The predicted molar refractivity (Wildman–Crippen MR) is 111 cm³/mol. The highest BCUT2D eigenvalue weighted by molar-refractivity contribution is 7.89. The first-order chi connectivity index (χ1) is 13.6. The van der Waals surface area contributed by atoms with E-state index in [0.717, 1.165) is 11.1 Å². The van der Waals surface area contributed by atoms with E-state index in [1.165, 1.54) is 19.1 Å². The van der Waals surface area contributed by atoms with Gasteiger partial charge < -0.3 is 10.1 Å². The highest BCUT2D eigenvalue weighted by atomic mass is 32.2. The Balaban J connectivity index is 1.86. The van der Waals surface area contributed by atoms with Gasteiger partial charge in [-0.1, -0.05) is 43.7 Å². The lowest BCUT2D eigenvalue weighted by molar-refractivity contribution is -0.151. The van der Waals surface area contributed by atoms with E-state index in [-0.39, 0.29) is 4.90 Å². The van der Waals surface area contributed by atoms with Crippen LogP contribution in [-0.2, 0) is 24.3 Å². The third-order valence-electron chi connectivity index (χ3n) is 4.26. The van der Waals surface area contributed by atoms with Crippen molar-refractivity contribution in [3.05, 3.63) is 59.7 Å². The summed E-state index contributed by atoms with van der Waals surface area (Å²) >= 11 is 0. The van der Waals surface area contributed by atoms with Gasteiger partial charge in [-0.15, -0.1) is 0 Å². The zero-order valence-electron chi connectivity index (χ0n) is 16.9. The minimum absolute atomic E-state index is 0.0477. The van der Waals surface area contributed by atoms with E-state index in [1.807, 2.05) is 19.1 Å². The molecule has 1 atom stereocenters. The van der Waals surface area contributed by atoms with Crippen molar-refractivity contribution in [3.8, 4) is 0 Å². The Morgan fingerprint density at radius 3 is 2.10 bits per heavy atom. The van der Waals surface area contributed by atoms with Gasteiger partial charge in [0.05, 0.1) is 4.90 Å². The van der Waals surface area contributed by atoms with Crippen molar-refractivity contribution < 1.29 is 22.7 Å². The second-order valence-electron chi connectivity index (χ2n) is 7.04. The minimum Gasteiger partial charge on any atom is -0.452 e. The highest BCUT2D eigenvalue weighted by Crippen LogP contribution is 2.17. The maximum absolute atomic E-state index is 12.2. The van der Waals surface area contributed by atoms with Crippen LogP contribution in [0, 0.1) is 6.92 Å². The van der Waals surface area contributed by atoms with Crippen LogP contribution in [0.5, 0.6) is 0 Å². The molecule has 7 nitrogen and oxygen atoms in total. The first-order valence-corrected chi connectivity index (χ1v) is 10.7. The van der Waals surface area contributed by atoms with E-state index in [0.29, 0.717) is 11.6 Å². The summed E-state index contributed by atoms with van der Waals surface area (Å²) in [6.07, 6.45) is -1.07. The van der Waals surface area contributed by atoms with E-state index < -0.39 is 34.5 Å². The second kappa shape index (κ2) is 9.67. The van der Waals surface area contributed by atoms with E-state index in [4.69, 9.17) is 4.74 Å². The third-order valence-corrected chi connectivity index (χ3v) is 5.68. The molecule has 2 rings (SSSR count). The van der Waals surface area contributed by atoms with Crippen molar-refractivity contribution in [2.75, 3.05) is 11.9 Å². The predicted octanol–water partition coefficient (Wildman–Crippen LogP) is 2.97. The molecule has 0 unspecified atom stereocenters. The minimum atomic E-state index is -3.84. The summed E-state index contributed by atoms with van der Waals surface area (Å²) in [4.78, 5) is 24.2. The molecular formula is C21H26N2O5S. The van der Waals surface area contributed by atoms with Crippen LogP contribution in [0.1, 0.15) is 37.8 Å². The average molecular weight is 419 g/mol. The summed E-state index contributed by atoms with van der Waals surface area (Å²) < 4.78 is 31.6. The van der Waals surface area contributed by atoms with E-state index in [9.17, 15) is 18.0 Å². The Kier molecular flexibility index (Phi) is 7.53. The molecule has 0 aromatic heterocycles. The molecule has 156 valence electrons. The summed E-state index contributed by atoms with van der Waals surface area (Å²) in [5.74, 6) is -0.973. The monoisotopic (exact) mass is 418 g/mol. The normalized spacial score (nSPS) is 12.4. The Hall–Kier alpha value is -2.71. The number of nitrogens with one attached hydrogen (secondary N) is 2. The summed E-state index contributed by atoms with van der Waals surface area (Å²) in [5.41, 5.74) is 2.65. The first kappa shape index (κ1) is 22.6. The van der Waals surface area contributed by atoms with Crippen molar-refractivity contribution in [1.29, 1.82) is 0 Å². The molecule has 0 aliphatic rings. The van der Waals surface area contributed by atoms with Crippen molar-refractivity contribution in [2.45, 2.75) is 44.6 Å². The molecular weight excluding hydrogens is 392 g/mol. The number of ether oxygens (including phenoxy) is 1. The van der Waals surface area contributed by atoms with Gasteiger partial charge in [0.1, 0.15) is 6.54 Å². The molecule has 2 N–H and O–H groups in total. The molecule has 0 spiro atoms. The number of aryl methyl sites for hydroxylation is 1. The number of rotatable bonds is 8. The summed E-state index contributed by atoms with van der Waals surface area (Å²) in [6.45, 7) is 6.83. The fourth-order valence-corrected chi connectivity index (χ4v) is 3.41. The fourth-order valence-electron chi connectivity index (χ4n) is 2.44. The van der Waals surface area contributed by atoms with Gasteiger partial charge in [0.2, 0.25) is 10.0 Å². The van der Waals surface area contributed by atoms with Gasteiger partial charge in [-0.05, 0) is 49.6 Å². The number of carbonyl (C=O) groups excluding carboxylic acids is 2. The summed E-state index contributed by atoms with van der Waals surface area (Å²) in [6, 6.07) is 13.6. The SMILES string of the molecule is Cc1ccc(S(=O)(=O)NCC(=O)O[C@H](C)C(=O)Nc2ccc(C(C)C)cc2)cc1. The number of amides is 1. The molecule has 29 heavy (non-hydrogen) atoms. The zero-order valence-corrected chi connectivity index (χ0v) is 17.7. The van der Waals surface area contributed by atoms with Gasteiger partial charge in [-0.3, -0.25) is 9.59 Å². The number of carbonyl (C=O) groups is 2. The van der Waals surface area contributed by atoms with Gasteiger partial charge in [-0.2, -0.15) is 4.72 Å². The number of benzene rings is 2. The van der Waals surface area contributed by atoms with Crippen LogP contribution >= 0.6 is 0 Å². The maximum atomic E-state index is 12.2. The lowest BCUT2D eigenvalue weighted by atomic mass is 10.0. The summed E-state index contributed by atoms with van der Waals surface area (Å²) in [5, 5.41) is 2.66. The van der Waals surface area contributed by atoms with Crippen LogP contribution in [0.2, 0.25) is 0 Å². The number of sulfonamides is 1. The number of hydrogen-bond donors (Lipinski definition) is 2. The smallest absolute Gasteiger partial charge is 0.321 e. The Labute approximate surface area is 171 Å². The van der Waals surface area contributed by atoms with E-state index >= 15 is 0 Å². The largest absolute Gasteiger partial charge is 0.452 e. The molecule has 0 heterocycles. The van der Waals surface area contributed by atoms with Crippen LogP contribution in [0.3, 0.4) is 0 Å². The quantitative estimate of drug-likeness (QED) is 0.642. The Morgan fingerprint density at radius 1 is 0.966 bits per heavy atom. The first-order valence-electron chi connectivity index (χ1n) is 9.25. The lowest BCUT2D eigenvalue weighted by Crippen LogP contribution is -2.35. The van der Waals surface area contributed by atoms with Gasteiger partial charge in [0.15, 0.2) is 6.10 Å². The Bertz CT molecular complexity index is 952. The van der Waals surface area contributed by atoms with Gasteiger partial charge >= 0.3 is 5.97 Å². The number of esters is 1. The molecule has 8 heteroatoms. The molecule has 2 aromatic rings. The number of hydrogen-bond acceptors (Lipinski definition) is 5. The molecule has 0 bridgehead atoms. The molecule has 2 aromatic carbocycles. The Morgan fingerprint density at radius 2 is 1.55 bits per heavy atom. The van der Waals surface area contributed by atoms with E-state index in [2.05, 4.69) is 23.9 Å². The molecule has 1 amide bonds. The molecule has 0 radical (unpaired) electrons. The zero-order chi connectivity index (χ0) is 21.6.